The van der Waals surface area contributed by atoms with Gasteiger partial charge in [0.1, 0.15) is 5.69 Å². The maximum absolute atomic E-state index is 6.18. The van der Waals surface area contributed by atoms with Crippen molar-refractivity contribution in [3.8, 4) is 34.0 Å². The topological polar surface area (TPSA) is 108 Å². The number of nitrogens with zero attached hydrogens (tertiary/aromatic N) is 3. The van der Waals surface area contributed by atoms with Gasteiger partial charge in [-0.05, 0) is 30.5 Å². The summed E-state index contributed by atoms with van der Waals surface area (Å²) in [5, 5.41) is 8.32. The van der Waals surface area contributed by atoms with Crippen molar-refractivity contribution in [2.45, 2.75) is 35.6 Å². The summed E-state index contributed by atoms with van der Waals surface area (Å²) in [6.07, 6.45) is 3.84. The van der Waals surface area contributed by atoms with Crippen LogP contribution in [0.25, 0.3) is 34.0 Å². The van der Waals surface area contributed by atoms with Crippen LogP contribution >= 0.6 is 11.8 Å². The quantitative estimate of drug-likeness (QED) is 0.342. The van der Waals surface area contributed by atoms with Crippen LogP contribution < -0.4 is 11.1 Å². The maximum Gasteiger partial charge on any atom is 0.189 e. The Morgan fingerprint density at radius 3 is 2.43 bits per heavy atom. The number of rotatable bonds is 8. The highest BCUT2D eigenvalue weighted by molar-refractivity contribution is 8.00. The SMILES string of the molecule is Nc1ncc(-c2ccc(SC3CCOC3)cc2)nc1-c1cc(-c2ccc(CNC3CCOC3)cc2)no1. The van der Waals surface area contributed by atoms with Crippen LogP contribution in [0.3, 0.4) is 0 Å². The second kappa shape index (κ2) is 11.0. The van der Waals surface area contributed by atoms with E-state index >= 15 is 0 Å². The van der Waals surface area contributed by atoms with E-state index in [0.29, 0.717) is 28.6 Å². The fraction of sp³-hybridized carbons (Fsp3) is 0.321. The maximum atomic E-state index is 6.18. The Morgan fingerprint density at radius 1 is 0.919 bits per heavy atom. The lowest BCUT2D eigenvalue weighted by atomic mass is 10.1. The average Bonchev–Trinajstić information content (AvgIpc) is 3.72. The Bertz CT molecular complexity index is 1330. The Balaban J connectivity index is 1.15. The summed E-state index contributed by atoms with van der Waals surface area (Å²) in [7, 11) is 0. The predicted octanol–water partition coefficient (Wildman–Crippen LogP) is 4.81. The van der Waals surface area contributed by atoms with Crippen molar-refractivity contribution in [1.29, 1.82) is 0 Å². The van der Waals surface area contributed by atoms with Crippen LogP contribution in [0.15, 0.2) is 70.2 Å². The minimum Gasteiger partial charge on any atom is -0.382 e. The first-order valence-corrected chi connectivity index (χ1v) is 13.4. The van der Waals surface area contributed by atoms with E-state index in [0.717, 1.165) is 68.3 Å². The van der Waals surface area contributed by atoms with Crippen LogP contribution in [0.4, 0.5) is 5.82 Å². The van der Waals surface area contributed by atoms with Gasteiger partial charge in [-0.15, -0.1) is 11.8 Å². The number of hydrogen-bond donors (Lipinski definition) is 2. The first kappa shape index (κ1) is 24.1. The Hall–Kier alpha value is -3.24. The molecular weight excluding hydrogens is 486 g/mol. The van der Waals surface area contributed by atoms with Gasteiger partial charge in [-0.1, -0.05) is 41.6 Å². The molecule has 37 heavy (non-hydrogen) atoms. The minimum absolute atomic E-state index is 0.303. The molecule has 0 radical (unpaired) electrons. The van der Waals surface area contributed by atoms with Crippen LogP contribution in [0.1, 0.15) is 18.4 Å². The van der Waals surface area contributed by atoms with Crippen molar-refractivity contribution in [2.75, 3.05) is 32.2 Å². The molecule has 2 atom stereocenters. The van der Waals surface area contributed by atoms with Gasteiger partial charge in [0.25, 0.3) is 0 Å². The van der Waals surface area contributed by atoms with Gasteiger partial charge in [0.2, 0.25) is 0 Å². The third-order valence-corrected chi connectivity index (χ3v) is 7.91. The van der Waals surface area contributed by atoms with Crippen LogP contribution in [0, 0.1) is 0 Å². The van der Waals surface area contributed by atoms with E-state index in [9.17, 15) is 0 Å². The summed E-state index contributed by atoms with van der Waals surface area (Å²) < 4.78 is 16.5. The molecule has 2 aromatic carbocycles. The highest BCUT2D eigenvalue weighted by Crippen LogP contribution is 2.32. The Morgan fingerprint density at radius 2 is 1.68 bits per heavy atom. The number of hydrogen-bond acceptors (Lipinski definition) is 9. The Labute approximate surface area is 220 Å². The van der Waals surface area contributed by atoms with Gasteiger partial charge in [-0.2, -0.15) is 0 Å². The van der Waals surface area contributed by atoms with Gasteiger partial charge in [-0.3, -0.25) is 0 Å². The average molecular weight is 516 g/mol. The summed E-state index contributed by atoms with van der Waals surface area (Å²) in [5.74, 6) is 0.791. The van der Waals surface area contributed by atoms with E-state index in [1.807, 2.05) is 30.0 Å². The van der Waals surface area contributed by atoms with Crippen LogP contribution in [0.2, 0.25) is 0 Å². The van der Waals surface area contributed by atoms with E-state index in [1.165, 1.54) is 10.5 Å². The third kappa shape index (κ3) is 5.70. The van der Waals surface area contributed by atoms with Crippen molar-refractivity contribution < 1.29 is 14.0 Å². The van der Waals surface area contributed by atoms with Gasteiger partial charge in [0, 0.05) is 53.1 Å². The summed E-state index contributed by atoms with van der Waals surface area (Å²) >= 11 is 1.85. The molecule has 2 aliphatic heterocycles. The van der Waals surface area contributed by atoms with Crippen molar-refractivity contribution in [3.63, 3.8) is 0 Å². The summed E-state index contributed by atoms with van der Waals surface area (Å²) in [6.45, 7) is 4.10. The first-order valence-electron chi connectivity index (χ1n) is 12.6. The zero-order chi connectivity index (χ0) is 25.0. The standard InChI is InChI=1S/C28H29N5O3S/c29-28-27(32-25(15-31-28)20-5-7-22(8-6-20)37-23-10-12-35-17-23)26-13-24(33-36-26)19-3-1-18(2-4-19)14-30-21-9-11-34-16-21/h1-8,13,15,21,23,30H,9-12,14,16-17H2,(H2,29,31). The van der Waals surface area contributed by atoms with E-state index in [-0.39, 0.29) is 0 Å². The summed E-state index contributed by atoms with van der Waals surface area (Å²) in [5.41, 5.74) is 11.3. The molecule has 4 heterocycles. The number of benzene rings is 2. The van der Waals surface area contributed by atoms with Gasteiger partial charge in [-0.25, -0.2) is 9.97 Å². The molecule has 3 N–H and O–H groups in total. The molecule has 4 aromatic rings. The fourth-order valence-corrected chi connectivity index (χ4v) is 5.55. The van der Waals surface area contributed by atoms with E-state index < -0.39 is 0 Å². The van der Waals surface area contributed by atoms with Crippen molar-refractivity contribution in [1.82, 2.24) is 20.4 Å². The molecule has 2 aliphatic rings. The van der Waals surface area contributed by atoms with Crippen molar-refractivity contribution >= 4 is 17.6 Å². The molecule has 2 saturated heterocycles. The predicted molar refractivity (Wildman–Crippen MR) is 144 cm³/mol. The number of nitrogen functional groups attached to an aromatic ring is 1. The highest BCUT2D eigenvalue weighted by atomic mass is 32.2. The molecule has 2 fully saturated rings. The number of nitrogens with two attached hydrogens (primary N) is 1. The van der Waals surface area contributed by atoms with Crippen molar-refractivity contribution in [3.05, 3.63) is 66.4 Å². The van der Waals surface area contributed by atoms with Gasteiger partial charge in [0.15, 0.2) is 17.3 Å². The van der Waals surface area contributed by atoms with E-state index in [2.05, 4.69) is 51.9 Å². The molecule has 9 heteroatoms. The molecule has 2 unspecified atom stereocenters. The number of thioether (sulfide) groups is 1. The molecule has 2 aromatic heterocycles. The number of aromatic nitrogens is 3. The second-order valence-electron chi connectivity index (χ2n) is 9.33. The normalized spacial score (nSPS) is 19.5. The number of anilines is 1. The number of ether oxygens (including phenoxy) is 2. The summed E-state index contributed by atoms with van der Waals surface area (Å²) in [4.78, 5) is 10.4. The van der Waals surface area contributed by atoms with Crippen LogP contribution in [0.5, 0.6) is 0 Å². The Kier molecular flexibility index (Phi) is 7.18. The van der Waals surface area contributed by atoms with Gasteiger partial charge >= 0.3 is 0 Å². The van der Waals surface area contributed by atoms with Crippen LogP contribution in [-0.4, -0.2) is 52.8 Å². The first-order chi connectivity index (χ1) is 18.2. The zero-order valence-corrected chi connectivity index (χ0v) is 21.2. The molecular formula is C28H29N5O3S. The molecule has 0 spiro atoms. The fourth-order valence-electron chi connectivity index (χ4n) is 4.50. The molecule has 8 nitrogen and oxygen atoms in total. The lowest BCUT2D eigenvalue weighted by molar-refractivity contribution is 0.190. The molecule has 6 rings (SSSR count). The monoisotopic (exact) mass is 515 g/mol. The second-order valence-corrected chi connectivity index (χ2v) is 10.7. The van der Waals surface area contributed by atoms with Gasteiger partial charge < -0.3 is 25.0 Å². The largest absolute Gasteiger partial charge is 0.382 e. The van der Waals surface area contributed by atoms with Crippen molar-refractivity contribution in [2.24, 2.45) is 0 Å². The molecule has 190 valence electrons. The van der Waals surface area contributed by atoms with E-state index in [1.54, 1.807) is 6.20 Å². The lowest BCUT2D eigenvalue weighted by Crippen LogP contribution is -2.28. The molecule has 0 saturated carbocycles. The minimum atomic E-state index is 0.303. The summed E-state index contributed by atoms with van der Waals surface area (Å²) in [6, 6.07) is 18.9. The molecule has 0 amide bonds. The van der Waals surface area contributed by atoms with E-state index in [4.69, 9.17) is 24.7 Å². The third-order valence-electron chi connectivity index (χ3n) is 6.66. The lowest BCUT2D eigenvalue weighted by Gasteiger charge is -2.10. The van der Waals surface area contributed by atoms with Gasteiger partial charge in [0.05, 0.1) is 25.1 Å². The smallest absolute Gasteiger partial charge is 0.189 e. The zero-order valence-electron chi connectivity index (χ0n) is 20.4. The molecule has 0 aliphatic carbocycles. The number of nitrogens with one attached hydrogen (secondary N) is 1. The highest BCUT2D eigenvalue weighted by Gasteiger charge is 2.18. The molecule has 0 bridgehead atoms. The van der Waals surface area contributed by atoms with Crippen LogP contribution in [-0.2, 0) is 16.0 Å².